The minimum Gasteiger partial charge on any atom is -0.211 e. The largest absolute Gasteiger partial charge is 0.240 e. The van der Waals surface area contributed by atoms with Crippen LogP contribution in [0.1, 0.15) is 11.1 Å². The van der Waals surface area contributed by atoms with E-state index < -0.39 is 34.3 Å². The molecule has 0 amide bonds. The molecule has 0 unspecified atom stereocenters. The van der Waals surface area contributed by atoms with Gasteiger partial charge in [-0.3, -0.25) is 0 Å². The molecule has 0 radical (unpaired) electrons. The van der Waals surface area contributed by atoms with E-state index in [0.717, 1.165) is 18.2 Å². The molecule has 0 atom stereocenters. The number of nitrogens with zero attached hydrogens (tertiary/aromatic N) is 3. The van der Waals surface area contributed by atoms with Gasteiger partial charge in [0.25, 0.3) is 0 Å². The summed E-state index contributed by atoms with van der Waals surface area (Å²) in [6.07, 6.45) is 0.883. The molecule has 0 N–H and O–H groups in total. The van der Waals surface area contributed by atoms with Crippen LogP contribution in [0.4, 0.5) is 18.9 Å². The maximum Gasteiger partial charge on any atom is 0.240 e. The van der Waals surface area contributed by atoms with Crippen molar-refractivity contribution in [2.24, 2.45) is 4.99 Å². The zero-order valence-corrected chi connectivity index (χ0v) is 7.38. The molecule has 0 saturated carbocycles. The summed E-state index contributed by atoms with van der Waals surface area (Å²) in [6, 6.07) is 2.21. The first-order valence-electron chi connectivity index (χ1n) is 3.67. The molecule has 16 heavy (non-hydrogen) atoms. The van der Waals surface area contributed by atoms with E-state index in [1.807, 2.05) is 0 Å². The third-order valence-electron chi connectivity index (χ3n) is 1.68. The highest BCUT2D eigenvalue weighted by Crippen LogP contribution is 2.30. The van der Waals surface area contributed by atoms with Crippen molar-refractivity contribution in [3.63, 3.8) is 0 Å². The SMILES string of the molecule is N#Cc1c(F)c(F)c(C#N)c(N=C=O)c1F. The third kappa shape index (κ3) is 1.52. The van der Waals surface area contributed by atoms with Crippen molar-refractivity contribution in [1.29, 1.82) is 10.5 Å². The smallest absolute Gasteiger partial charge is 0.211 e. The molecular formula is C9F3N3O. The number of carbonyl (C=O) groups excluding carboxylic acids is 1. The molecule has 0 aliphatic rings. The van der Waals surface area contributed by atoms with Gasteiger partial charge in [-0.05, 0) is 0 Å². The number of nitriles is 2. The fraction of sp³-hybridized carbons (Fsp3) is 0. The lowest BCUT2D eigenvalue weighted by Crippen LogP contribution is -2.00. The van der Waals surface area contributed by atoms with Crippen LogP contribution in [0.3, 0.4) is 0 Å². The first-order valence-corrected chi connectivity index (χ1v) is 3.67. The topological polar surface area (TPSA) is 77.0 Å². The molecule has 1 rings (SSSR count). The highest BCUT2D eigenvalue weighted by molar-refractivity contribution is 5.63. The van der Waals surface area contributed by atoms with Gasteiger partial charge in [-0.1, -0.05) is 0 Å². The van der Waals surface area contributed by atoms with Gasteiger partial charge in [0, 0.05) is 0 Å². The van der Waals surface area contributed by atoms with E-state index in [2.05, 4.69) is 4.99 Å². The Morgan fingerprint density at radius 1 is 0.938 bits per heavy atom. The summed E-state index contributed by atoms with van der Waals surface area (Å²) in [7, 11) is 0. The summed E-state index contributed by atoms with van der Waals surface area (Å²) < 4.78 is 39.4. The summed E-state index contributed by atoms with van der Waals surface area (Å²) in [4.78, 5) is 12.7. The van der Waals surface area contributed by atoms with E-state index in [9.17, 15) is 18.0 Å². The van der Waals surface area contributed by atoms with Gasteiger partial charge in [0.15, 0.2) is 17.5 Å². The highest BCUT2D eigenvalue weighted by Gasteiger charge is 2.24. The number of rotatable bonds is 1. The summed E-state index contributed by atoms with van der Waals surface area (Å²) in [6.45, 7) is 0. The van der Waals surface area contributed by atoms with Crippen LogP contribution in [0.25, 0.3) is 0 Å². The van der Waals surface area contributed by atoms with E-state index >= 15 is 0 Å². The van der Waals surface area contributed by atoms with E-state index in [1.165, 1.54) is 0 Å². The lowest BCUT2D eigenvalue weighted by molar-refractivity contribution is 0.489. The summed E-state index contributed by atoms with van der Waals surface area (Å²) >= 11 is 0. The Kier molecular flexibility index (Phi) is 3.05. The Morgan fingerprint density at radius 2 is 1.44 bits per heavy atom. The van der Waals surface area contributed by atoms with Gasteiger partial charge in [-0.15, -0.1) is 0 Å². The lowest BCUT2D eigenvalue weighted by Gasteiger charge is -2.03. The Labute approximate surface area is 86.9 Å². The molecule has 7 heteroatoms. The maximum absolute atomic E-state index is 13.3. The predicted molar refractivity (Wildman–Crippen MR) is 43.5 cm³/mol. The van der Waals surface area contributed by atoms with Gasteiger partial charge in [-0.2, -0.15) is 15.5 Å². The quantitative estimate of drug-likeness (QED) is 0.413. The normalized spacial score (nSPS) is 8.81. The van der Waals surface area contributed by atoms with Crippen molar-refractivity contribution >= 4 is 11.8 Å². The second-order valence-electron chi connectivity index (χ2n) is 2.47. The molecule has 0 aliphatic carbocycles. The van der Waals surface area contributed by atoms with Crippen LogP contribution >= 0.6 is 0 Å². The number of isocyanates is 1. The number of benzene rings is 1. The third-order valence-corrected chi connectivity index (χ3v) is 1.68. The van der Waals surface area contributed by atoms with Crippen LogP contribution < -0.4 is 0 Å². The average Bonchev–Trinajstić information content (AvgIpc) is 2.27. The molecule has 4 nitrogen and oxygen atoms in total. The van der Waals surface area contributed by atoms with Crippen molar-refractivity contribution in [1.82, 2.24) is 0 Å². The van der Waals surface area contributed by atoms with Crippen molar-refractivity contribution in [3.05, 3.63) is 28.6 Å². The first kappa shape index (κ1) is 11.4. The fourth-order valence-corrected chi connectivity index (χ4v) is 0.999. The predicted octanol–water partition coefficient (Wildman–Crippen LogP) is 1.81. The van der Waals surface area contributed by atoms with Gasteiger partial charge >= 0.3 is 0 Å². The van der Waals surface area contributed by atoms with Crippen molar-refractivity contribution in [2.45, 2.75) is 0 Å². The molecule has 0 bridgehead atoms. The van der Waals surface area contributed by atoms with E-state index in [4.69, 9.17) is 10.5 Å². The molecule has 0 aromatic heterocycles. The monoisotopic (exact) mass is 223 g/mol. The van der Waals surface area contributed by atoms with Crippen LogP contribution in [0.5, 0.6) is 0 Å². The molecule has 0 aliphatic heterocycles. The van der Waals surface area contributed by atoms with Crippen LogP contribution in [-0.4, -0.2) is 6.08 Å². The van der Waals surface area contributed by atoms with Gasteiger partial charge < -0.3 is 0 Å². The molecule has 78 valence electrons. The molecule has 0 heterocycles. The van der Waals surface area contributed by atoms with Crippen LogP contribution in [-0.2, 0) is 4.79 Å². The summed E-state index contributed by atoms with van der Waals surface area (Å²) in [5, 5.41) is 16.8. The second-order valence-corrected chi connectivity index (χ2v) is 2.47. The van der Waals surface area contributed by atoms with E-state index in [-0.39, 0.29) is 0 Å². The Hall–Kier alpha value is -2.63. The summed E-state index contributed by atoms with van der Waals surface area (Å²) in [5.74, 6) is -5.09. The molecular weight excluding hydrogens is 223 g/mol. The van der Waals surface area contributed by atoms with E-state index in [0.29, 0.717) is 0 Å². The second kappa shape index (κ2) is 4.26. The molecule has 0 saturated heterocycles. The molecule has 0 fully saturated rings. The van der Waals surface area contributed by atoms with Gasteiger partial charge in [0.1, 0.15) is 29.0 Å². The lowest BCUT2D eigenvalue weighted by atomic mass is 10.1. The first-order chi connectivity index (χ1) is 7.58. The zero-order chi connectivity index (χ0) is 12.3. The molecule has 1 aromatic carbocycles. The molecule has 1 aromatic rings. The van der Waals surface area contributed by atoms with Crippen LogP contribution in [0.2, 0.25) is 0 Å². The summed E-state index contributed by atoms with van der Waals surface area (Å²) in [5.41, 5.74) is -3.36. The zero-order valence-electron chi connectivity index (χ0n) is 7.38. The van der Waals surface area contributed by atoms with Gasteiger partial charge in [-0.25, -0.2) is 18.0 Å². The Bertz CT molecular complexity index is 592. The fourth-order valence-electron chi connectivity index (χ4n) is 0.999. The number of hydrogen-bond donors (Lipinski definition) is 0. The average molecular weight is 223 g/mol. The minimum absolute atomic E-state index is 0.883. The van der Waals surface area contributed by atoms with Crippen molar-refractivity contribution in [2.75, 3.05) is 0 Å². The standard InChI is InChI=1S/C9F3N3O/c10-6-4(1-13)8(12)9(15-3-16)5(2-14)7(6)11. The van der Waals surface area contributed by atoms with Crippen molar-refractivity contribution in [3.8, 4) is 12.1 Å². The van der Waals surface area contributed by atoms with Gasteiger partial charge in [0.2, 0.25) is 6.08 Å². The highest BCUT2D eigenvalue weighted by atomic mass is 19.2. The Balaban J connectivity index is 3.88. The number of hydrogen-bond acceptors (Lipinski definition) is 4. The number of aliphatic imine (C=N–C) groups is 1. The van der Waals surface area contributed by atoms with Gasteiger partial charge in [0.05, 0.1) is 0 Å². The number of halogens is 3. The van der Waals surface area contributed by atoms with E-state index in [1.54, 1.807) is 0 Å². The minimum atomic E-state index is -1.79. The molecule has 0 spiro atoms. The van der Waals surface area contributed by atoms with Crippen LogP contribution in [0.15, 0.2) is 4.99 Å². The van der Waals surface area contributed by atoms with Crippen LogP contribution in [0, 0.1) is 40.1 Å². The Morgan fingerprint density at radius 3 is 1.88 bits per heavy atom. The van der Waals surface area contributed by atoms with Crippen molar-refractivity contribution < 1.29 is 18.0 Å². The maximum atomic E-state index is 13.3.